The predicted octanol–water partition coefficient (Wildman–Crippen LogP) is 1.77. The van der Waals surface area contributed by atoms with Crippen molar-refractivity contribution in [1.29, 1.82) is 0 Å². The Morgan fingerprint density at radius 1 is 1.30 bits per heavy atom. The van der Waals surface area contributed by atoms with Crippen molar-refractivity contribution in [3.8, 4) is 0 Å². The summed E-state index contributed by atoms with van der Waals surface area (Å²) in [6.07, 6.45) is 2.68. The van der Waals surface area contributed by atoms with Crippen molar-refractivity contribution < 1.29 is 5.11 Å². The second-order valence-electron chi connectivity index (χ2n) is 5.99. The quantitative estimate of drug-likeness (QED) is 0.449. The summed E-state index contributed by atoms with van der Waals surface area (Å²) < 4.78 is 0. The van der Waals surface area contributed by atoms with Crippen LogP contribution in [0.2, 0.25) is 0 Å². The number of nitrogens with zero attached hydrogens (tertiary/aromatic N) is 2. The van der Waals surface area contributed by atoms with Gasteiger partial charge < -0.3 is 15.8 Å². The maximum atomic E-state index is 9.94. The molecule has 6 nitrogen and oxygen atoms in total. The Hall–Kier alpha value is -1.40. The minimum absolute atomic E-state index is 0.372. The molecule has 6 heteroatoms. The number of nitrogen functional groups attached to an aromatic ring is 1. The molecule has 0 saturated heterocycles. The van der Waals surface area contributed by atoms with Crippen molar-refractivity contribution in [3.63, 3.8) is 0 Å². The molecule has 1 heterocycles. The lowest BCUT2D eigenvalue weighted by atomic mass is 10.1. The zero-order chi connectivity index (χ0) is 14.7. The van der Waals surface area contributed by atoms with Gasteiger partial charge in [-0.2, -0.15) is 0 Å². The number of nitrogens with one attached hydrogen (secondary N) is 2. The highest BCUT2D eigenvalue weighted by atomic mass is 16.3. The molecular formula is C14H25N5O. The van der Waals surface area contributed by atoms with Crippen LogP contribution in [0.15, 0.2) is 0 Å². The molecule has 1 atom stereocenters. The standard InChI is InChI=1S/C14H25N5O/c1-8(2)6-11(20)7-16-12-9(3)13(19-15)18-14(17-12)10-4-5-10/h8,10-11,20H,4-7,15H2,1-3H3,(H2,16,17,18,19). The first kappa shape index (κ1) is 15.0. The molecule has 1 aromatic heterocycles. The van der Waals surface area contributed by atoms with Crippen molar-refractivity contribution in [2.45, 2.75) is 52.1 Å². The van der Waals surface area contributed by atoms with Crippen LogP contribution in [-0.2, 0) is 0 Å². The lowest BCUT2D eigenvalue weighted by Crippen LogP contribution is -2.23. The SMILES string of the molecule is Cc1c(NN)nc(C2CC2)nc1NCC(O)CC(C)C. The number of hydrazine groups is 1. The van der Waals surface area contributed by atoms with Gasteiger partial charge in [0, 0.05) is 18.0 Å². The highest BCUT2D eigenvalue weighted by molar-refractivity contribution is 5.57. The number of hydrogen-bond donors (Lipinski definition) is 4. The van der Waals surface area contributed by atoms with Crippen LogP contribution in [0.25, 0.3) is 0 Å². The topological polar surface area (TPSA) is 96.1 Å². The summed E-state index contributed by atoms with van der Waals surface area (Å²) >= 11 is 0. The Morgan fingerprint density at radius 2 is 1.95 bits per heavy atom. The summed E-state index contributed by atoms with van der Waals surface area (Å²) in [7, 11) is 0. The van der Waals surface area contributed by atoms with Gasteiger partial charge in [-0.1, -0.05) is 13.8 Å². The van der Waals surface area contributed by atoms with E-state index < -0.39 is 0 Å². The number of hydrogen-bond acceptors (Lipinski definition) is 6. The molecule has 1 saturated carbocycles. The average molecular weight is 279 g/mol. The molecule has 1 aliphatic carbocycles. The number of anilines is 2. The summed E-state index contributed by atoms with van der Waals surface area (Å²) in [4.78, 5) is 9.00. The second kappa shape index (κ2) is 6.37. The van der Waals surface area contributed by atoms with Gasteiger partial charge in [0.05, 0.1) is 6.10 Å². The average Bonchev–Trinajstić information content (AvgIpc) is 3.21. The molecule has 1 fully saturated rings. The van der Waals surface area contributed by atoms with Crippen LogP contribution in [0.3, 0.4) is 0 Å². The fourth-order valence-corrected chi connectivity index (χ4v) is 2.21. The van der Waals surface area contributed by atoms with E-state index in [2.05, 4.69) is 34.6 Å². The van der Waals surface area contributed by atoms with Crippen LogP contribution in [0.5, 0.6) is 0 Å². The van der Waals surface area contributed by atoms with Gasteiger partial charge in [-0.3, -0.25) is 0 Å². The molecule has 0 aromatic carbocycles. The molecule has 20 heavy (non-hydrogen) atoms. The van der Waals surface area contributed by atoms with Gasteiger partial charge in [0.15, 0.2) is 0 Å². The fourth-order valence-electron chi connectivity index (χ4n) is 2.21. The van der Waals surface area contributed by atoms with Gasteiger partial charge in [-0.05, 0) is 32.1 Å². The third-order valence-corrected chi connectivity index (χ3v) is 3.49. The molecule has 1 unspecified atom stereocenters. The van der Waals surface area contributed by atoms with E-state index in [4.69, 9.17) is 5.84 Å². The van der Waals surface area contributed by atoms with Crippen LogP contribution >= 0.6 is 0 Å². The van der Waals surface area contributed by atoms with Crippen LogP contribution in [0.4, 0.5) is 11.6 Å². The van der Waals surface area contributed by atoms with E-state index in [1.54, 1.807) is 0 Å². The molecule has 0 radical (unpaired) electrons. The molecule has 5 N–H and O–H groups in total. The maximum absolute atomic E-state index is 9.94. The first-order chi connectivity index (χ1) is 9.51. The maximum Gasteiger partial charge on any atom is 0.148 e. The Kier molecular flexibility index (Phi) is 4.77. The van der Waals surface area contributed by atoms with Crippen LogP contribution in [0.1, 0.15) is 50.4 Å². The number of aliphatic hydroxyl groups excluding tert-OH is 1. The summed E-state index contributed by atoms with van der Waals surface area (Å²) in [5.41, 5.74) is 3.51. The number of aliphatic hydroxyl groups is 1. The molecule has 1 aromatic rings. The van der Waals surface area contributed by atoms with E-state index in [0.717, 1.165) is 36.5 Å². The lowest BCUT2D eigenvalue weighted by Gasteiger charge is -2.17. The number of aromatic nitrogens is 2. The second-order valence-corrected chi connectivity index (χ2v) is 5.99. The van der Waals surface area contributed by atoms with E-state index in [-0.39, 0.29) is 6.10 Å². The van der Waals surface area contributed by atoms with Gasteiger partial charge >= 0.3 is 0 Å². The highest BCUT2D eigenvalue weighted by Gasteiger charge is 2.28. The molecule has 0 bridgehead atoms. The minimum Gasteiger partial charge on any atom is -0.391 e. The smallest absolute Gasteiger partial charge is 0.148 e. The van der Waals surface area contributed by atoms with Crippen molar-refractivity contribution in [2.24, 2.45) is 11.8 Å². The van der Waals surface area contributed by atoms with Gasteiger partial charge in [0.25, 0.3) is 0 Å². The fraction of sp³-hybridized carbons (Fsp3) is 0.714. The Morgan fingerprint density at radius 3 is 2.50 bits per heavy atom. The van der Waals surface area contributed by atoms with Crippen molar-refractivity contribution in [3.05, 3.63) is 11.4 Å². The van der Waals surface area contributed by atoms with Crippen molar-refractivity contribution >= 4 is 11.6 Å². The Balaban J connectivity index is 2.07. The van der Waals surface area contributed by atoms with Crippen LogP contribution in [0, 0.1) is 12.8 Å². The Bertz CT molecular complexity index is 459. The first-order valence-electron chi connectivity index (χ1n) is 7.28. The molecule has 0 amide bonds. The van der Waals surface area contributed by atoms with E-state index in [1.165, 1.54) is 0 Å². The van der Waals surface area contributed by atoms with Crippen LogP contribution in [-0.4, -0.2) is 27.7 Å². The highest BCUT2D eigenvalue weighted by Crippen LogP contribution is 2.39. The van der Waals surface area contributed by atoms with Crippen molar-refractivity contribution in [1.82, 2.24) is 9.97 Å². The summed E-state index contributed by atoms with van der Waals surface area (Å²) in [5.74, 6) is 8.70. The molecule has 1 aliphatic rings. The van der Waals surface area contributed by atoms with Gasteiger partial charge in [0.2, 0.25) is 0 Å². The third-order valence-electron chi connectivity index (χ3n) is 3.49. The van der Waals surface area contributed by atoms with E-state index in [0.29, 0.717) is 24.2 Å². The largest absolute Gasteiger partial charge is 0.391 e. The number of rotatable bonds is 7. The minimum atomic E-state index is -0.372. The van der Waals surface area contributed by atoms with Crippen LogP contribution < -0.4 is 16.6 Å². The predicted molar refractivity (Wildman–Crippen MR) is 80.5 cm³/mol. The molecule has 0 spiro atoms. The van der Waals surface area contributed by atoms with E-state index in [1.807, 2.05) is 6.92 Å². The number of nitrogens with two attached hydrogens (primary N) is 1. The Labute approximate surface area is 120 Å². The normalized spacial score (nSPS) is 16.3. The zero-order valence-corrected chi connectivity index (χ0v) is 12.5. The zero-order valence-electron chi connectivity index (χ0n) is 12.5. The summed E-state index contributed by atoms with van der Waals surface area (Å²) in [5, 5.41) is 13.2. The first-order valence-corrected chi connectivity index (χ1v) is 7.28. The van der Waals surface area contributed by atoms with Gasteiger partial charge in [0.1, 0.15) is 17.5 Å². The monoisotopic (exact) mass is 279 g/mol. The molecule has 2 rings (SSSR count). The summed E-state index contributed by atoms with van der Waals surface area (Å²) in [6.45, 7) is 6.61. The summed E-state index contributed by atoms with van der Waals surface area (Å²) in [6, 6.07) is 0. The van der Waals surface area contributed by atoms with Crippen molar-refractivity contribution in [2.75, 3.05) is 17.3 Å². The van der Waals surface area contributed by atoms with Gasteiger partial charge in [-0.25, -0.2) is 15.8 Å². The molecular weight excluding hydrogens is 254 g/mol. The molecule has 0 aliphatic heterocycles. The molecule has 112 valence electrons. The van der Waals surface area contributed by atoms with E-state index in [9.17, 15) is 5.11 Å². The van der Waals surface area contributed by atoms with E-state index >= 15 is 0 Å². The van der Waals surface area contributed by atoms with Gasteiger partial charge in [-0.15, -0.1) is 0 Å². The lowest BCUT2D eigenvalue weighted by molar-refractivity contribution is 0.161. The third kappa shape index (κ3) is 3.80.